The van der Waals surface area contributed by atoms with E-state index < -0.39 is 0 Å². The average molecular weight is 209 g/mol. The van der Waals surface area contributed by atoms with Gasteiger partial charge in [0.25, 0.3) is 0 Å². The Labute approximate surface area is 88.7 Å². The summed E-state index contributed by atoms with van der Waals surface area (Å²) in [6, 6.07) is 0. The van der Waals surface area contributed by atoms with Crippen LogP contribution in [-0.2, 0) is 11.2 Å². The molecule has 2 N–H and O–H groups in total. The minimum absolute atomic E-state index is 0.187. The number of anilines is 1. The maximum Gasteiger partial charge on any atom is 0.341 e. The Morgan fingerprint density at radius 3 is 2.87 bits per heavy atom. The Morgan fingerprint density at radius 1 is 1.53 bits per heavy atom. The monoisotopic (exact) mass is 209 g/mol. The molecule has 5 nitrogen and oxygen atoms in total. The minimum atomic E-state index is -0.388. The van der Waals surface area contributed by atoms with Crippen molar-refractivity contribution in [2.45, 2.75) is 26.7 Å². The number of nitrogens with zero attached hydrogens (tertiary/aromatic N) is 2. The van der Waals surface area contributed by atoms with Crippen LogP contribution in [0.15, 0.2) is 6.20 Å². The predicted octanol–water partition coefficient (Wildman–Crippen LogP) is 1.19. The third-order valence-corrected chi connectivity index (χ3v) is 1.87. The van der Waals surface area contributed by atoms with Gasteiger partial charge in [0.05, 0.1) is 17.9 Å². The molecule has 0 aliphatic carbocycles. The van der Waals surface area contributed by atoms with Crippen LogP contribution in [0.5, 0.6) is 0 Å². The fourth-order valence-electron chi connectivity index (χ4n) is 1.24. The van der Waals surface area contributed by atoms with Gasteiger partial charge in [0, 0.05) is 6.20 Å². The van der Waals surface area contributed by atoms with Crippen LogP contribution >= 0.6 is 0 Å². The summed E-state index contributed by atoms with van der Waals surface area (Å²) in [6.07, 6.45) is 3.01. The normalized spacial score (nSPS) is 10.0. The molecule has 0 aliphatic heterocycles. The standard InChI is InChI=1S/C10H15N3O2/c1-3-5-8-7(9(14)15-4-2)6-12-10(11)13-8/h6H,3-5H2,1-2H3,(H2,11,12,13). The van der Waals surface area contributed by atoms with Crippen molar-refractivity contribution < 1.29 is 9.53 Å². The Kier molecular flexibility index (Phi) is 4.03. The van der Waals surface area contributed by atoms with Gasteiger partial charge in [0.2, 0.25) is 5.95 Å². The number of carbonyl (C=O) groups excluding carboxylic acids is 1. The summed E-state index contributed by atoms with van der Waals surface area (Å²) >= 11 is 0. The van der Waals surface area contributed by atoms with E-state index in [-0.39, 0.29) is 11.9 Å². The fraction of sp³-hybridized carbons (Fsp3) is 0.500. The quantitative estimate of drug-likeness (QED) is 0.753. The number of hydrogen-bond donors (Lipinski definition) is 1. The van der Waals surface area contributed by atoms with E-state index in [9.17, 15) is 4.79 Å². The second kappa shape index (κ2) is 5.29. The van der Waals surface area contributed by atoms with Crippen molar-refractivity contribution >= 4 is 11.9 Å². The first kappa shape index (κ1) is 11.4. The van der Waals surface area contributed by atoms with Gasteiger partial charge in [0.15, 0.2) is 0 Å². The van der Waals surface area contributed by atoms with Crippen molar-refractivity contribution in [1.82, 2.24) is 9.97 Å². The highest BCUT2D eigenvalue weighted by Crippen LogP contribution is 2.10. The minimum Gasteiger partial charge on any atom is -0.462 e. The summed E-state index contributed by atoms with van der Waals surface area (Å²) < 4.78 is 4.90. The molecule has 0 spiro atoms. The molecule has 1 rings (SSSR count). The van der Waals surface area contributed by atoms with Crippen molar-refractivity contribution in [2.75, 3.05) is 12.3 Å². The van der Waals surface area contributed by atoms with E-state index in [0.29, 0.717) is 24.3 Å². The number of carbonyl (C=O) groups is 1. The van der Waals surface area contributed by atoms with Gasteiger partial charge in [0.1, 0.15) is 0 Å². The van der Waals surface area contributed by atoms with Crippen molar-refractivity contribution in [3.8, 4) is 0 Å². The summed E-state index contributed by atoms with van der Waals surface area (Å²) in [4.78, 5) is 19.3. The first-order valence-corrected chi connectivity index (χ1v) is 4.97. The van der Waals surface area contributed by atoms with Crippen molar-refractivity contribution in [2.24, 2.45) is 0 Å². The second-order valence-corrected chi connectivity index (χ2v) is 3.06. The Morgan fingerprint density at radius 2 is 2.27 bits per heavy atom. The maximum absolute atomic E-state index is 11.5. The highest BCUT2D eigenvalue weighted by atomic mass is 16.5. The van der Waals surface area contributed by atoms with E-state index in [2.05, 4.69) is 9.97 Å². The van der Waals surface area contributed by atoms with Crippen molar-refractivity contribution in [3.63, 3.8) is 0 Å². The molecule has 5 heteroatoms. The van der Waals surface area contributed by atoms with Crippen LogP contribution < -0.4 is 5.73 Å². The van der Waals surface area contributed by atoms with E-state index in [4.69, 9.17) is 10.5 Å². The second-order valence-electron chi connectivity index (χ2n) is 3.06. The zero-order valence-electron chi connectivity index (χ0n) is 8.99. The zero-order chi connectivity index (χ0) is 11.3. The van der Waals surface area contributed by atoms with Crippen LogP contribution in [0, 0.1) is 0 Å². The average Bonchev–Trinajstić information content (AvgIpc) is 2.18. The molecule has 0 aromatic carbocycles. The van der Waals surface area contributed by atoms with E-state index in [1.165, 1.54) is 6.20 Å². The van der Waals surface area contributed by atoms with E-state index in [0.717, 1.165) is 6.42 Å². The van der Waals surface area contributed by atoms with E-state index in [1.807, 2.05) is 6.92 Å². The molecule has 15 heavy (non-hydrogen) atoms. The largest absolute Gasteiger partial charge is 0.462 e. The molecule has 1 heterocycles. The molecule has 0 saturated carbocycles. The number of hydrogen-bond acceptors (Lipinski definition) is 5. The summed E-state index contributed by atoms with van der Waals surface area (Å²) in [7, 11) is 0. The molecule has 0 unspecified atom stereocenters. The van der Waals surface area contributed by atoms with Crippen LogP contribution in [0.25, 0.3) is 0 Å². The first-order valence-electron chi connectivity index (χ1n) is 4.97. The van der Waals surface area contributed by atoms with E-state index in [1.54, 1.807) is 6.92 Å². The molecular weight excluding hydrogens is 194 g/mol. The first-order chi connectivity index (χ1) is 7.19. The van der Waals surface area contributed by atoms with Crippen LogP contribution in [0.3, 0.4) is 0 Å². The molecule has 0 amide bonds. The molecule has 0 aliphatic rings. The smallest absolute Gasteiger partial charge is 0.341 e. The van der Waals surface area contributed by atoms with Crippen LogP contribution in [0.1, 0.15) is 36.3 Å². The Bertz CT molecular complexity index is 353. The molecule has 0 atom stereocenters. The van der Waals surface area contributed by atoms with Gasteiger partial charge in [-0.15, -0.1) is 0 Å². The van der Waals surface area contributed by atoms with Gasteiger partial charge >= 0.3 is 5.97 Å². The molecule has 0 fully saturated rings. The van der Waals surface area contributed by atoms with Crippen molar-refractivity contribution in [3.05, 3.63) is 17.5 Å². The summed E-state index contributed by atoms with van der Waals surface area (Å²) in [6.45, 7) is 4.11. The van der Waals surface area contributed by atoms with Gasteiger partial charge in [-0.05, 0) is 13.3 Å². The highest BCUT2D eigenvalue weighted by molar-refractivity contribution is 5.90. The van der Waals surface area contributed by atoms with Crippen LogP contribution in [-0.4, -0.2) is 22.5 Å². The number of aromatic nitrogens is 2. The van der Waals surface area contributed by atoms with Crippen LogP contribution in [0.4, 0.5) is 5.95 Å². The third kappa shape index (κ3) is 2.90. The number of rotatable bonds is 4. The summed E-state index contributed by atoms with van der Waals surface area (Å²) in [5, 5.41) is 0. The molecule has 0 bridgehead atoms. The lowest BCUT2D eigenvalue weighted by molar-refractivity contribution is 0.0524. The lowest BCUT2D eigenvalue weighted by Crippen LogP contribution is -2.12. The summed E-state index contributed by atoms with van der Waals surface area (Å²) in [5.74, 6) is -0.201. The van der Waals surface area contributed by atoms with E-state index >= 15 is 0 Å². The van der Waals surface area contributed by atoms with Gasteiger partial charge in [-0.1, -0.05) is 13.3 Å². The molecular formula is C10H15N3O2. The molecule has 1 aromatic rings. The lowest BCUT2D eigenvalue weighted by atomic mass is 10.1. The van der Waals surface area contributed by atoms with Gasteiger partial charge in [-0.25, -0.2) is 14.8 Å². The summed E-state index contributed by atoms with van der Waals surface area (Å²) in [5.41, 5.74) is 6.52. The zero-order valence-corrected chi connectivity index (χ0v) is 8.99. The predicted molar refractivity (Wildman–Crippen MR) is 56.4 cm³/mol. The number of nitrogen functional groups attached to an aromatic ring is 1. The topological polar surface area (TPSA) is 78.1 Å². The third-order valence-electron chi connectivity index (χ3n) is 1.87. The van der Waals surface area contributed by atoms with Gasteiger partial charge < -0.3 is 10.5 Å². The maximum atomic E-state index is 11.5. The number of nitrogens with two attached hydrogens (primary N) is 1. The van der Waals surface area contributed by atoms with Crippen LogP contribution in [0.2, 0.25) is 0 Å². The Hall–Kier alpha value is -1.65. The SMILES string of the molecule is CCCc1nc(N)ncc1C(=O)OCC. The lowest BCUT2D eigenvalue weighted by Gasteiger charge is -2.06. The van der Waals surface area contributed by atoms with Gasteiger partial charge in [-0.2, -0.15) is 0 Å². The van der Waals surface area contributed by atoms with Crippen molar-refractivity contribution in [1.29, 1.82) is 0 Å². The molecule has 0 radical (unpaired) electrons. The molecule has 1 aromatic heterocycles. The number of aryl methyl sites for hydroxylation is 1. The Balaban J connectivity index is 2.99. The fourth-order valence-corrected chi connectivity index (χ4v) is 1.24. The molecule has 0 saturated heterocycles. The number of ether oxygens (including phenoxy) is 1. The highest BCUT2D eigenvalue weighted by Gasteiger charge is 2.14. The molecule has 82 valence electrons. The van der Waals surface area contributed by atoms with Gasteiger partial charge in [-0.3, -0.25) is 0 Å². The number of esters is 1.